The van der Waals surface area contributed by atoms with E-state index in [2.05, 4.69) is 10.3 Å². The van der Waals surface area contributed by atoms with Gasteiger partial charge in [-0.05, 0) is 57.9 Å². The molecule has 1 atom stereocenters. The predicted octanol–water partition coefficient (Wildman–Crippen LogP) is 4.20. The normalized spacial score (nSPS) is 16.5. The van der Waals surface area contributed by atoms with Crippen LogP contribution in [0.2, 0.25) is 0 Å². The van der Waals surface area contributed by atoms with Gasteiger partial charge in [-0.1, -0.05) is 0 Å². The van der Waals surface area contributed by atoms with Gasteiger partial charge in [0.2, 0.25) is 0 Å². The molecule has 31 heavy (non-hydrogen) atoms. The van der Waals surface area contributed by atoms with E-state index in [1.54, 1.807) is 18.3 Å². The Hall–Kier alpha value is -3.16. The smallest absolute Gasteiger partial charge is 0.407 e. The molecule has 1 aromatic heterocycles. The van der Waals surface area contributed by atoms with Crippen LogP contribution < -0.4 is 15.0 Å². The van der Waals surface area contributed by atoms with E-state index < -0.39 is 17.5 Å². The highest BCUT2D eigenvalue weighted by Gasteiger charge is 2.25. The molecular weight excluding hydrogens is 401 g/mol. The molecule has 1 N–H and O–H groups in total. The molecule has 1 aliphatic heterocycles. The molecule has 2 heterocycles. The second-order valence-corrected chi connectivity index (χ2v) is 8.53. The molecule has 0 bridgehead atoms. The van der Waals surface area contributed by atoms with Crippen molar-refractivity contribution >= 4 is 18.1 Å². The van der Waals surface area contributed by atoms with Crippen molar-refractivity contribution in [3.8, 4) is 17.0 Å². The first-order chi connectivity index (χ1) is 14.7. The van der Waals surface area contributed by atoms with E-state index in [1.807, 2.05) is 25.7 Å². The molecule has 0 spiro atoms. The summed E-state index contributed by atoms with van der Waals surface area (Å²) in [4.78, 5) is 30.4. The number of methoxy groups -OCH3 is 1. The number of anilines is 1. The quantitative estimate of drug-likeness (QED) is 0.718. The number of amides is 1. The lowest BCUT2D eigenvalue weighted by molar-refractivity contribution is 0.0499. The highest BCUT2D eigenvalue weighted by molar-refractivity contribution is 5.86. The van der Waals surface area contributed by atoms with Gasteiger partial charge in [-0.15, -0.1) is 0 Å². The van der Waals surface area contributed by atoms with Gasteiger partial charge in [-0.2, -0.15) is 0 Å². The fraction of sp³-hybridized carbons (Fsp3) is 0.435. The zero-order valence-electron chi connectivity index (χ0n) is 18.3. The number of rotatable bonds is 5. The lowest BCUT2D eigenvalue weighted by Gasteiger charge is -2.35. The molecule has 0 unspecified atom stereocenters. The third-order valence-electron chi connectivity index (χ3n) is 4.97. The zero-order valence-corrected chi connectivity index (χ0v) is 18.3. The van der Waals surface area contributed by atoms with Crippen molar-refractivity contribution in [1.29, 1.82) is 0 Å². The minimum absolute atomic E-state index is 0.0986. The van der Waals surface area contributed by atoms with Crippen LogP contribution >= 0.6 is 0 Å². The number of aromatic nitrogens is 1. The molecule has 0 aliphatic carbocycles. The summed E-state index contributed by atoms with van der Waals surface area (Å²) in [5, 5.41) is 2.90. The fourth-order valence-electron chi connectivity index (χ4n) is 3.59. The molecule has 2 aromatic rings. The number of benzene rings is 1. The summed E-state index contributed by atoms with van der Waals surface area (Å²) in [5.41, 5.74) is 1.62. The molecule has 0 saturated carbocycles. The Balaban J connectivity index is 1.77. The Morgan fingerprint density at radius 1 is 1.32 bits per heavy atom. The summed E-state index contributed by atoms with van der Waals surface area (Å²) >= 11 is 0. The SMILES string of the molecule is COc1ccc(-c2cc(C=O)c(N3CCC[C@@H](NC(=O)OC(C)(C)C)C3)cn2)cc1F. The van der Waals surface area contributed by atoms with Gasteiger partial charge < -0.3 is 19.7 Å². The maximum atomic E-state index is 14.1. The maximum absolute atomic E-state index is 14.1. The maximum Gasteiger partial charge on any atom is 0.407 e. The Bertz CT molecular complexity index is 958. The number of halogens is 1. The molecule has 1 amide bonds. The number of aldehydes is 1. The van der Waals surface area contributed by atoms with Crippen molar-refractivity contribution in [1.82, 2.24) is 10.3 Å². The molecule has 166 valence electrons. The third-order valence-corrected chi connectivity index (χ3v) is 4.97. The average molecular weight is 429 g/mol. The number of piperidine rings is 1. The van der Waals surface area contributed by atoms with Crippen molar-refractivity contribution in [2.45, 2.75) is 45.3 Å². The topological polar surface area (TPSA) is 80.8 Å². The lowest BCUT2D eigenvalue weighted by Crippen LogP contribution is -2.49. The summed E-state index contributed by atoms with van der Waals surface area (Å²) in [7, 11) is 1.40. The molecule has 8 heteroatoms. The van der Waals surface area contributed by atoms with Crippen LogP contribution in [0.25, 0.3) is 11.3 Å². The van der Waals surface area contributed by atoms with E-state index in [9.17, 15) is 14.0 Å². The van der Waals surface area contributed by atoms with Crippen LogP contribution in [0.5, 0.6) is 5.75 Å². The van der Waals surface area contributed by atoms with Crippen LogP contribution in [0.15, 0.2) is 30.5 Å². The minimum atomic E-state index is -0.566. The summed E-state index contributed by atoms with van der Waals surface area (Å²) in [5.74, 6) is -0.349. The van der Waals surface area contributed by atoms with Gasteiger partial charge in [0.05, 0.1) is 24.7 Å². The number of hydrogen-bond donors (Lipinski definition) is 1. The molecule has 1 aliphatic rings. The molecular formula is C23H28FN3O4. The molecule has 7 nitrogen and oxygen atoms in total. The monoisotopic (exact) mass is 429 g/mol. The second kappa shape index (κ2) is 9.32. The lowest BCUT2D eigenvalue weighted by atomic mass is 10.0. The predicted molar refractivity (Wildman–Crippen MR) is 116 cm³/mol. The summed E-state index contributed by atoms with van der Waals surface area (Å²) < 4.78 is 24.4. The van der Waals surface area contributed by atoms with Gasteiger partial charge in [0, 0.05) is 30.3 Å². The number of nitrogens with zero attached hydrogens (tertiary/aromatic N) is 2. The van der Waals surface area contributed by atoms with Crippen LogP contribution in [-0.4, -0.2) is 49.2 Å². The van der Waals surface area contributed by atoms with Crippen LogP contribution in [-0.2, 0) is 4.74 Å². The van der Waals surface area contributed by atoms with E-state index in [0.29, 0.717) is 29.1 Å². The Morgan fingerprint density at radius 3 is 2.74 bits per heavy atom. The number of pyridine rings is 1. The average Bonchev–Trinajstić information content (AvgIpc) is 2.72. The Morgan fingerprint density at radius 2 is 2.10 bits per heavy atom. The van der Waals surface area contributed by atoms with Gasteiger partial charge in [0.15, 0.2) is 17.9 Å². The summed E-state index contributed by atoms with van der Waals surface area (Å²) in [6.45, 7) is 6.73. The molecule has 0 radical (unpaired) electrons. The second-order valence-electron chi connectivity index (χ2n) is 8.53. The molecule has 3 rings (SSSR count). The number of carbonyl (C=O) groups excluding carboxylic acids is 2. The van der Waals surface area contributed by atoms with E-state index in [-0.39, 0.29) is 11.8 Å². The van der Waals surface area contributed by atoms with Crippen molar-refractivity contribution in [3.63, 3.8) is 0 Å². The zero-order chi connectivity index (χ0) is 22.6. The van der Waals surface area contributed by atoms with Crippen LogP contribution in [0, 0.1) is 5.82 Å². The van der Waals surface area contributed by atoms with Crippen molar-refractivity contribution in [2.75, 3.05) is 25.1 Å². The van der Waals surface area contributed by atoms with Crippen LogP contribution in [0.1, 0.15) is 44.0 Å². The van der Waals surface area contributed by atoms with Crippen LogP contribution in [0.4, 0.5) is 14.9 Å². The van der Waals surface area contributed by atoms with Gasteiger partial charge >= 0.3 is 6.09 Å². The first-order valence-electron chi connectivity index (χ1n) is 10.2. The van der Waals surface area contributed by atoms with Crippen LogP contribution in [0.3, 0.4) is 0 Å². The number of nitrogens with one attached hydrogen (secondary N) is 1. The molecule has 1 saturated heterocycles. The highest BCUT2D eigenvalue weighted by Crippen LogP contribution is 2.29. The number of hydrogen-bond acceptors (Lipinski definition) is 6. The standard InChI is InChI=1S/C23H28FN3O4/c1-23(2,3)31-22(29)26-17-6-5-9-27(13-17)20-12-25-19(11-16(20)14-28)15-7-8-21(30-4)18(24)10-15/h7-8,10-12,14,17H,5-6,9,13H2,1-4H3,(H,26,29)/t17-/m1/s1. The van der Waals surface area contributed by atoms with E-state index in [1.165, 1.54) is 19.2 Å². The van der Waals surface area contributed by atoms with Crippen molar-refractivity contribution in [3.05, 3.63) is 41.8 Å². The largest absolute Gasteiger partial charge is 0.494 e. The number of carbonyl (C=O) groups is 2. The first kappa shape index (κ1) is 22.5. The van der Waals surface area contributed by atoms with Crippen molar-refractivity contribution < 1.29 is 23.5 Å². The summed E-state index contributed by atoms with van der Waals surface area (Å²) in [6.07, 6.45) is 3.61. The molecule has 1 fully saturated rings. The Labute approximate surface area is 181 Å². The first-order valence-corrected chi connectivity index (χ1v) is 10.2. The summed E-state index contributed by atoms with van der Waals surface area (Å²) in [6, 6.07) is 6.10. The van der Waals surface area contributed by atoms with Gasteiger partial charge in [-0.3, -0.25) is 9.78 Å². The minimum Gasteiger partial charge on any atom is -0.494 e. The van der Waals surface area contributed by atoms with E-state index >= 15 is 0 Å². The number of alkyl carbamates (subject to hydrolysis) is 1. The van der Waals surface area contributed by atoms with E-state index in [4.69, 9.17) is 9.47 Å². The van der Waals surface area contributed by atoms with Gasteiger partial charge in [-0.25, -0.2) is 9.18 Å². The molecule has 1 aromatic carbocycles. The Kier molecular flexibility index (Phi) is 6.77. The highest BCUT2D eigenvalue weighted by atomic mass is 19.1. The van der Waals surface area contributed by atoms with Crippen molar-refractivity contribution in [2.24, 2.45) is 0 Å². The third kappa shape index (κ3) is 5.71. The van der Waals surface area contributed by atoms with Gasteiger partial charge in [0.1, 0.15) is 5.60 Å². The number of ether oxygens (including phenoxy) is 2. The fourth-order valence-corrected chi connectivity index (χ4v) is 3.59. The van der Waals surface area contributed by atoms with E-state index in [0.717, 1.165) is 25.7 Å². The van der Waals surface area contributed by atoms with Gasteiger partial charge in [0.25, 0.3) is 0 Å².